The predicted octanol–water partition coefficient (Wildman–Crippen LogP) is 3.38. The molecule has 1 fully saturated rings. The van der Waals surface area contributed by atoms with Crippen molar-refractivity contribution in [2.24, 2.45) is 0 Å². The molecule has 22 heavy (non-hydrogen) atoms. The van der Waals surface area contributed by atoms with Gasteiger partial charge in [0.25, 0.3) is 0 Å². The molecule has 5 nitrogen and oxygen atoms in total. The third kappa shape index (κ3) is 5.93. The fourth-order valence-electron chi connectivity index (χ4n) is 2.72. The summed E-state index contributed by atoms with van der Waals surface area (Å²) in [5, 5.41) is 9.75. The molecule has 1 aliphatic carbocycles. The van der Waals surface area contributed by atoms with Crippen LogP contribution in [0.3, 0.4) is 0 Å². The van der Waals surface area contributed by atoms with Crippen molar-refractivity contribution in [2.45, 2.75) is 77.6 Å². The predicted molar refractivity (Wildman–Crippen MR) is 89.1 cm³/mol. The zero-order chi connectivity index (χ0) is 16.2. The van der Waals surface area contributed by atoms with Gasteiger partial charge in [-0.2, -0.15) is 0 Å². The van der Waals surface area contributed by atoms with Crippen LogP contribution in [-0.2, 0) is 11.3 Å². The molecule has 1 aliphatic rings. The number of rotatable bonds is 4. The van der Waals surface area contributed by atoms with Crippen LogP contribution in [0.2, 0.25) is 0 Å². The maximum Gasteiger partial charge on any atom is 0.407 e. The standard InChI is InChI=1S/C16H27N3O2S/c1-11-18-14(10-22-11)9-17-12-6-5-7-13(8-12)19-15(20)21-16(2,3)4/h10,12-13,17H,5-9H2,1-4H3,(H,19,20). The molecule has 1 aromatic heterocycles. The van der Waals surface area contributed by atoms with Crippen molar-refractivity contribution >= 4 is 17.4 Å². The fourth-order valence-corrected chi connectivity index (χ4v) is 3.33. The molecule has 1 saturated carbocycles. The van der Waals surface area contributed by atoms with Crippen LogP contribution in [0.4, 0.5) is 4.79 Å². The molecule has 0 aromatic carbocycles. The minimum absolute atomic E-state index is 0.193. The summed E-state index contributed by atoms with van der Waals surface area (Å²) in [6.45, 7) is 8.47. The van der Waals surface area contributed by atoms with Gasteiger partial charge in [-0.05, 0) is 53.4 Å². The second kappa shape index (κ2) is 7.42. The van der Waals surface area contributed by atoms with Crippen molar-refractivity contribution < 1.29 is 9.53 Å². The molecule has 0 saturated heterocycles. The average molecular weight is 325 g/mol. The Hall–Kier alpha value is -1.14. The lowest BCUT2D eigenvalue weighted by Gasteiger charge is -2.31. The second-order valence-corrected chi connectivity index (χ2v) is 8.01. The smallest absolute Gasteiger partial charge is 0.407 e. The molecule has 2 N–H and O–H groups in total. The van der Waals surface area contributed by atoms with E-state index in [4.69, 9.17) is 4.74 Å². The molecule has 124 valence electrons. The highest BCUT2D eigenvalue weighted by molar-refractivity contribution is 7.09. The van der Waals surface area contributed by atoms with Gasteiger partial charge in [0.2, 0.25) is 0 Å². The van der Waals surface area contributed by atoms with Crippen LogP contribution in [0.15, 0.2) is 5.38 Å². The molecule has 2 unspecified atom stereocenters. The van der Waals surface area contributed by atoms with Gasteiger partial charge in [-0.3, -0.25) is 0 Å². The number of aryl methyl sites for hydroxylation is 1. The van der Waals surface area contributed by atoms with Gasteiger partial charge in [-0.25, -0.2) is 9.78 Å². The summed E-state index contributed by atoms with van der Waals surface area (Å²) in [6, 6.07) is 0.619. The molecule has 6 heteroatoms. The Labute approximate surface area is 136 Å². The first kappa shape index (κ1) is 17.2. The van der Waals surface area contributed by atoms with E-state index in [1.54, 1.807) is 11.3 Å². The molecule has 1 heterocycles. The zero-order valence-electron chi connectivity index (χ0n) is 13.9. The molecule has 1 aromatic rings. The van der Waals surface area contributed by atoms with Crippen LogP contribution in [0, 0.1) is 6.92 Å². The van der Waals surface area contributed by atoms with Gasteiger partial charge in [0.1, 0.15) is 5.60 Å². The normalized spacial score (nSPS) is 22.4. The number of carbonyl (C=O) groups excluding carboxylic acids is 1. The van der Waals surface area contributed by atoms with Crippen LogP contribution in [0.1, 0.15) is 57.2 Å². The number of thiazole rings is 1. The second-order valence-electron chi connectivity index (χ2n) is 6.95. The zero-order valence-corrected chi connectivity index (χ0v) is 14.8. The van der Waals surface area contributed by atoms with Crippen molar-refractivity contribution in [3.05, 3.63) is 16.1 Å². The number of hydrogen-bond donors (Lipinski definition) is 2. The number of alkyl carbamates (subject to hydrolysis) is 1. The third-order valence-electron chi connectivity index (χ3n) is 3.63. The highest BCUT2D eigenvalue weighted by Gasteiger charge is 2.25. The number of nitrogens with one attached hydrogen (secondary N) is 2. The van der Waals surface area contributed by atoms with E-state index in [1.807, 2.05) is 27.7 Å². The van der Waals surface area contributed by atoms with Crippen LogP contribution < -0.4 is 10.6 Å². The fraction of sp³-hybridized carbons (Fsp3) is 0.750. The summed E-state index contributed by atoms with van der Waals surface area (Å²) >= 11 is 1.68. The average Bonchev–Trinajstić information content (AvgIpc) is 2.80. The van der Waals surface area contributed by atoms with E-state index in [-0.39, 0.29) is 12.1 Å². The highest BCUT2D eigenvalue weighted by Crippen LogP contribution is 2.20. The lowest BCUT2D eigenvalue weighted by Crippen LogP contribution is -2.45. The first-order chi connectivity index (χ1) is 10.3. The Balaban J connectivity index is 1.75. The topological polar surface area (TPSA) is 63.2 Å². The van der Waals surface area contributed by atoms with E-state index >= 15 is 0 Å². The number of hydrogen-bond acceptors (Lipinski definition) is 5. The van der Waals surface area contributed by atoms with Crippen molar-refractivity contribution in [3.63, 3.8) is 0 Å². The quantitative estimate of drug-likeness (QED) is 0.891. The number of carbonyl (C=O) groups is 1. The summed E-state index contributed by atoms with van der Waals surface area (Å²) in [5.74, 6) is 0. The molecule has 0 radical (unpaired) electrons. The van der Waals surface area contributed by atoms with Gasteiger partial charge in [0, 0.05) is 24.0 Å². The van der Waals surface area contributed by atoms with E-state index in [0.717, 1.165) is 42.9 Å². The molecule has 2 rings (SSSR count). The Morgan fingerprint density at radius 3 is 2.77 bits per heavy atom. The Bertz CT molecular complexity index is 496. The minimum Gasteiger partial charge on any atom is -0.444 e. The molecular formula is C16H27N3O2S. The molecule has 0 spiro atoms. The third-order valence-corrected chi connectivity index (χ3v) is 4.46. The summed E-state index contributed by atoms with van der Waals surface area (Å²) in [4.78, 5) is 16.3. The first-order valence-corrected chi connectivity index (χ1v) is 8.84. The molecule has 2 atom stereocenters. The Morgan fingerprint density at radius 2 is 2.14 bits per heavy atom. The van der Waals surface area contributed by atoms with E-state index in [9.17, 15) is 4.79 Å². The maximum atomic E-state index is 11.9. The summed E-state index contributed by atoms with van der Waals surface area (Å²) in [6.07, 6.45) is 3.92. The van der Waals surface area contributed by atoms with Gasteiger partial charge in [-0.1, -0.05) is 0 Å². The van der Waals surface area contributed by atoms with E-state index < -0.39 is 5.60 Å². The summed E-state index contributed by atoms with van der Waals surface area (Å²) in [7, 11) is 0. The van der Waals surface area contributed by atoms with Gasteiger partial charge >= 0.3 is 6.09 Å². The van der Waals surface area contributed by atoms with E-state index in [0.29, 0.717) is 6.04 Å². The lowest BCUT2D eigenvalue weighted by molar-refractivity contribution is 0.0488. The highest BCUT2D eigenvalue weighted by atomic mass is 32.1. The van der Waals surface area contributed by atoms with Crippen molar-refractivity contribution in [1.82, 2.24) is 15.6 Å². The Kier molecular flexibility index (Phi) is 5.81. The summed E-state index contributed by atoms with van der Waals surface area (Å²) in [5.41, 5.74) is 0.656. The number of nitrogens with zero attached hydrogens (tertiary/aromatic N) is 1. The number of amides is 1. The molecule has 1 amide bonds. The van der Waals surface area contributed by atoms with Gasteiger partial charge < -0.3 is 15.4 Å². The van der Waals surface area contributed by atoms with Crippen molar-refractivity contribution in [1.29, 1.82) is 0 Å². The maximum absolute atomic E-state index is 11.9. The van der Waals surface area contributed by atoms with Gasteiger partial charge in [-0.15, -0.1) is 11.3 Å². The van der Waals surface area contributed by atoms with Crippen LogP contribution >= 0.6 is 11.3 Å². The monoisotopic (exact) mass is 325 g/mol. The minimum atomic E-state index is -0.446. The molecular weight excluding hydrogens is 298 g/mol. The lowest BCUT2D eigenvalue weighted by atomic mass is 9.91. The van der Waals surface area contributed by atoms with E-state index in [2.05, 4.69) is 21.0 Å². The first-order valence-electron chi connectivity index (χ1n) is 7.96. The van der Waals surface area contributed by atoms with Gasteiger partial charge in [0.15, 0.2) is 0 Å². The largest absolute Gasteiger partial charge is 0.444 e. The SMILES string of the molecule is Cc1nc(CNC2CCCC(NC(=O)OC(C)(C)C)C2)cs1. The molecule has 0 bridgehead atoms. The van der Waals surface area contributed by atoms with Crippen molar-refractivity contribution in [2.75, 3.05) is 0 Å². The number of ether oxygens (including phenoxy) is 1. The van der Waals surface area contributed by atoms with Crippen LogP contribution in [0.25, 0.3) is 0 Å². The van der Waals surface area contributed by atoms with Gasteiger partial charge in [0.05, 0.1) is 10.7 Å². The number of aromatic nitrogens is 1. The van der Waals surface area contributed by atoms with Crippen LogP contribution in [0.5, 0.6) is 0 Å². The van der Waals surface area contributed by atoms with Crippen LogP contribution in [-0.4, -0.2) is 28.8 Å². The van der Waals surface area contributed by atoms with E-state index in [1.165, 1.54) is 0 Å². The molecule has 0 aliphatic heterocycles. The Morgan fingerprint density at radius 1 is 1.41 bits per heavy atom. The summed E-state index contributed by atoms with van der Waals surface area (Å²) < 4.78 is 5.33. The van der Waals surface area contributed by atoms with Crippen molar-refractivity contribution in [3.8, 4) is 0 Å².